The van der Waals surface area contributed by atoms with Gasteiger partial charge >= 0.3 is 0 Å². The summed E-state index contributed by atoms with van der Waals surface area (Å²) in [4.78, 5) is 0. The van der Waals surface area contributed by atoms with Crippen molar-refractivity contribution in [3.63, 3.8) is 0 Å². The Morgan fingerprint density at radius 2 is 1.95 bits per heavy atom. The fourth-order valence-corrected chi connectivity index (χ4v) is 2.69. The standard InChI is InChI=1S/C18H29NO2/c1-5-11-20-15-8-6-14(7-9-15)16-13-19-17(10-12-21-16)18(2,3)4/h6-9,16-17,19H,5,10-13H2,1-4H3. The molecular weight excluding hydrogens is 262 g/mol. The Bertz CT molecular complexity index is 422. The van der Waals surface area contributed by atoms with Crippen LogP contribution in [0.1, 0.15) is 52.2 Å². The Kier molecular flexibility index (Phi) is 5.65. The van der Waals surface area contributed by atoms with Crippen LogP contribution in [-0.4, -0.2) is 25.8 Å². The van der Waals surface area contributed by atoms with Crippen molar-refractivity contribution < 1.29 is 9.47 Å². The van der Waals surface area contributed by atoms with Crippen LogP contribution in [0.5, 0.6) is 5.75 Å². The van der Waals surface area contributed by atoms with E-state index >= 15 is 0 Å². The van der Waals surface area contributed by atoms with E-state index in [0.29, 0.717) is 6.04 Å². The van der Waals surface area contributed by atoms with Crippen molar-refractivity contribution in [2.75, 3.05) is 19.8 Å². The van der Waals surface area contributed by atoms with Gasteiger partial charge in [-0.05, 0) is 36.0 Å². The summed E-state index contributed by atoms with van der Waals surface area (Å²) >= 11 is 0. The first-order valence-electron chi connectivity index (χ1n) is 8.08. The molecule has 1 fully saturated rings. The first-order valence-corrected chi connectivity index (χ1v) is 8.08. The van der Waals surface area contributed by atoms with Gasteiger partial charge in [0.2, 0.25) is 0 Å². The molecular formula is C18H29NO2. The van der Waals surface area contributed by atoms with E-state index in [2.05, 4.69) is 45.1 Å². The molecule has 0 aromatic heterocycles. The lowest BCUT2D eigenvalue weighted by atomic mass is 9.85. The van der Waals surface area contributed by atoms with E-state index in [1.807, 2.05) is 12.1 Å². The van der Waals surface area contributed by atoms with Gasteiger partial charge in [0.15, 0.2) is 0 Å². The number of benzene rings is 1. The Labute approximate surface area is 129 Å². The highest BCUT2D eigenvalue weighted by Crippen LogP contribution is 2.27. The quantitative estimate of drug-likeness (QED) is 0.911. The van der Waals surface area contributed by atoms with Crippen molar-refractivity contribution >= 4 is 0 Å². The molecule has 1 aromatic rings. The molecule has 0 spiro atoms. The maximum absolute atomic E-state index is 6.03. The molecule has 0 aliphatic carbocycles. The summed E-state index contributed by atoms with van der Waals surface area (Å²) < 4.78 is 11.7. The number of ether oxygens (including phenoxy) is 2. The Hall–Kier alpha value is -1.06. The SMILES string of the molecule is CCCOc1ccc(C2CNC(C(C)(C)C)CCO2)cc1. The van der Waals surface area contributed by atoms with Crippen molar-refractivity contribution in [2.45, 2.75) is 52.7 Å². The number of hydrogen-bond donors (Lipinski definition) is 1. The summed E-state index contributed by atoms with van der Waals surface area (Å²) in [6.45, 7) is 11.4. The second-order valence-electron chi connectivity index (χ2n) is 6.89. The summed E-state index contributed by atoms with van der Waals surface area (Å²) in [5, 5.41) is 3.66. The van der Waals surface area contributed by atoms with Crippen LogP contribution in [0, 0.1) is 5.41 Å². The van der Waals surface area contributed by atoms with E-state index in [-0.39, 0.29) is 11.5 Å². The largest absolute Gasteiger partial charge is 0.494 e. The Morgan fingerprint density at radius 1 is 1.24 bits per heavy atom. The van der Waals surface area contributed by atoms with E-state index in [4.69, 9.17) is 9.47 Å². The topological polar surface area (TPSA) is 30.5 Å². The minimum Gasteiger partial charge on any atom is -0.494 e. The van der Waals surface area contributed by atoms with Gasteiger partial charge in [-0.25, -0.2) is 0 Å². The third kappa shape index (κ3) is 4.72. The molecule has 3 nitrogen and oxygen atoms in total. The van der Waals surface area contributed by atoms with Crippen LogP contribution in [0.15, 0.2) is 24.3 Å². The van der Waals surface area contributed by atoms with Gasteiger partial charge in [0.1, 0.15) is 5.75 Å². The molecule has 2 rings (SSSR count). The Morgan fingerprint density at radius 3 is 2.57 bits per heavy atom. The lowest BCUT2D eigenvalue weighted by Gasteiger charge is -2.30. The molecule has 118 valence electrons. The monoisotopic (exact) mass is 291 g/mol. The highest BCUT2D eigenvalue weighted by molar-refractivity contribution is 5.29. The van der Waals surface area contributed by atoms with Crippen LogP contribution >= 0.6 is 0 Å². The number of nitrogens with one attached hydrogen (secondary N) is 1. The van der Waals surface area contributed by atoms with Crippen LogP contribution in [0.2, 0.25) is 0 Å². The van der Waals surface area contributed by atoms with E-state index < -0.39 is 0 Å². The maximum Gasteiger partial charge on any atom is 0.119 e. The lowest BCUT2D eigenvalue weighted by Crippen LogP contribution is -2.40. The summed E-state index contributed by atoms with van der Waals surface area (Å²) in [6, 6.07) is 8.83. The smallest absolute Gasteiger partial charge is 0.119 e. The van der Waals surface area contributed by atoms with Crippen molar-refractivity contribution in [3.05, 3.63) is 29.8 Å². The molecule has 0 saturated carbocycles. The normalized spacial score (nSPS) is 23.6. The molecule has 2 unspecified atom stereocenters. The predicted molar refractivity (Wildman–Crippen MR) is 86.8 cm³/mol. The molecule has 1 saturated heterocycles. The van der Waals surface area contributed by atoms with Gasteiger partial charge < -0.3 is 14.8 Å². The van der Waals surface area contributed by atoms with Gasteiger partial charge in [-0.2, -0.15) is 0 Å². The fraction of sp³-hybridized carbons (Fsp3) is 0.667. The minimum absolute atomic E-state index is 0.137. The molecule has 2 atom stereocenters. The third-order valence-corrected chi connectivity index (χ3v) is 4.05. The molecule has 1 heterocycles. The average molecular weight is 291 g/mol. The van der Waals surface area contributed by atoms with Crippen LogP contribution in [-0.2, 0) is 4.74 Å². The first-order chi connectivity index (χ1) is 10.0. The maximum atomic E-state index is 6.03. The van der Waals surface area contributed by atoms with E-state index in [1.54, 1.807) is 0 Å². The summed E-state index contributed by atoms with van der Waals surface area (Å²) in [7, 11) is 0. The highest BCUT2D eigenvalue weighted by atomic mass is 16.5. The second kappa shape index (κ2) is 7.28. The van der Waals surface area contributed by atoms with Crippen LogP contribution in [0.25, 0.3) is 0 Å². The van der Waals surface area contributed by atoms with E-state index in [0.717, 1.165) is 38.3 Å². The molecule has 0 amide bonds. The average Bonchev–Trinajstić information content (AvgIpc) is 2.71. The predicted octanol–water partition coefficient (Wildman–Crippen LogP) is 3.94. The molecule has 1 aliphatic rings. The zero-order valence-corrected chi connectivity index (χ0v) is 13.8. The Balaban J connectivity index is 1.96. The van der Waals surface area contributed by atoms with Gasteiger partial charge in [0.25, 0.3) is 0 Å². The summed E-state index contributed by atoms with van der Waals surface area (Å²) in [6.07, 6.45) is 2.24. The van der Waals surface area contributed by atoms with Crippen LogP contribution < -0.4 is 10.1 Å². The van der Waals surface area contributed by atoms with Gasteiger partial charge in [0, 0.05) is 19.2 Å². The second-order valence-corrected chi connectivity index (χ2v) is 6.89. The van der Waals surface area contributed by atoms with Crippen molar-refractivity contribution in [1.82, 2.24) is 5.32 Å². The zero-order valence-electron chi connectivity index (χ0n) is 13.8. The number of hydrogen-bond acceptors (Lipinski definition) is 3. The van der Waals surface area contributed by atoms with Gasteiger partial charge in [-0.3, -0.25) is 0 Å². The van der Waals surface area contributed by atoms with Crippen molar-refractivity contribution in [2.24, 2.45) is 5.41 Å². The van der Waals surface area contributed by atoms with Gasteiger partial charge in [0.05, 0.1) is 12.7 Å². The molecule has 1 aromatic carbocycles. The van der Waals surface area contributed by atoms with E-state index in [1.165, 1.54) is 5.56 Å². The van der Waals surface area contributed by atoms with Gasteiger partial charge in [-0.15, -0.1) is 0 Å². The molecule has 1 N–H and O–H groups in total. The van der Waals surface area contributed by atoms with Crippen LogP contribution in [0.4, 0.5) is 0 Å². The van der Waals surface area contributed by atoms with Crippen molar-refractivity contribution in [3.8, 4) is 5.75 Å². The summed E-state index contributed by atoms with van der Waals surface area (Å²) in [5.74, 6) is 0.940. The fourth-order valence-electron chi connectivity index (χ4n) is 2.69. The lowest BCUT2D eigenvalue weighted by molar-refractivity contribution is 0.0653. The van der Waals surface area contributed by atoms with Crippen LogP contribution in [0.3, 0.4) is 0 Å². The molecule has 1 aliphatic heterocycles. The summed E-state index contributed by atoms with van der Waals surface area (Å²) in [5.41, 5.74) is 1.50. The molecule has 0 radical (unpaired) electrons. The van der Waals surface area contributed by atoms with E-state index in [9.17, 15) is 0 Å². The van der Waals surface area contributed by atoms with Gasteiger partial charge in [-0.1, -0.05) is 39.8 Å². The number of rotatable bonds is 4. The highest BCUT2D eigenvalue weighted by Gasteiger charge is 2.28. The zero-order chi connectivity index (χ0) is 15.3. The molecule has 3 heteroatoms. The van der Waals surface area contributed by atoms with Crippen molar-refractivity contribution in [1.29, 1.82) is 0 Å². The minimum atomic E-state index is 0.137. The molecule has 21 heavy (non-hydrogen) atoms. The third-order valence-electron chi connectivity index (χ3n) is 4.05. The molecule has 0 bridgehead atoms. The first kappa shape index (κ1) is 16.3.